The van der Waals surface area contributed by atoms with E-state index in [0.717, 1.165) is 10.9 Å². The number of aryl methyl sites for hydroxylation is 3. The van der Waals surface area contributed by atoms with Gasteiger partial charge in [-0.05, 0) is 35.9 Å². The first kappa shape index (κ1) is 29.4. The maximum atomic E-state index is 13.5. The van der Waals surface area contributed by atoms with Crippen LogP contribution in [-0.4, -0.2) is 53.7 Å². The van der Waals surface area contributed by atoms with Gasteiger partial charge in [-0.15, -0.1) is 0 Å². The number of nitrogens with zero attached hydrogens (tertiary/aromatic N) is 5. The molecule has 226 valence electrons. The standard InChI is InChI=1S/C30H31N9O5/c1-5-10-44-30(43)32-14-18-6-7-22-19(11-18)8-9-39(22)29(42)24-13-21(16-37(24)3)33-27(40)23-12-20(15-36(23)2)34-28(41)26-35-25(31)17-38(26)4/h5-9,11-13,15-17H,1,10,14,31H2,2-4H3,(H,32,43)(H,33,40)(H,34,41). The van der Waals surface area contributed by atoms with Gasteiger partial charge in [-0.1, -0.05) is 18.7 Å². The van der Waals surface area contributed by atoms with Crippen LogP contribution in [0.25, 0.3) is 10.9 Å². The number of anilines is 3. The third kappa shape index (κ3) is 6.09. The number of rotatable bonds is 9. The van der Waals surface area contributed by atoms with Crippen molar-refractivity contribution in [3.63, 3.8) is 0 Å². The lowest BCUT2D eigenvalue weighted by Crippen LogP contribution is -2.23. The zero-order chi connectivity index (χ0) is 31.5. The van der Waals surface area contributed by atoms with Gasteiger partial charge in [0.2, 0.25) is 5.82 Å². The van der Waals surface area contributed by atoms with E-state index in [1.54, 1.807) is 61.0 Å². The summed E-state index contributed by atoms with van der Waals surface area (Å²) in [7, 11) is 5.04. The summed E-state index contributed by atoms with van der Waals surface area (Å²) in [5.41, 5.74) is 8.64. The molecule has 4 aromatic heterocycles. The van der Waals surface area contributed by atoms with Crippen LogP contribution in [0.15, 0.2) is 73.8 Å². The van der Waals surface area contributed by atoms with Crippen molar-refractivity contribution in [3.05, 3.63) is 96.6 Å². The number of nitrogens with two attached hydrogens (primary N) is 1. The number of nitrogen functional groups attached to an aromatic ring is 1. The molecule has 0 saturated heterocycles. The van der Waals surface area contributed by atoms with Crippen LogP contribution >= 0.6 is 0 Å². The van der Waals surface area contributed by atoms with Gasteiger partial charge in [0.15, 0.2) is 0 Å². The Morgan fingerprint density at radius 1 is 0.909 bits per heavy atom. The number of aromatic nitrogens is 5. The molecule has 0 fully saturated rings. The Balaban J connectivity index is 1.26. The minimum absolute atomic E-state index is 0.122. The molecule has 0 atom stereocenters. The lowest BCUT2D eigenvalue weighted by Gasteiger charge is -2.07. The van der Waals surface area contributed by atoms with Crippen molar-refractivity contribution in [2.45, 2.75) is 6.54 Å². The molecule has 1 aromatic carbocycles. The minimum atomic E-state index is -0.546. The van der Waals surface area contributed by atoms with Gasteiger partial charge in [-0.25, -0.2) is 9.78 Å². The highest BCUT2D eigenvalue weighted by Gasteiger charge is 2.20. The largest absolute Gasteiger partial charge is 0.445 e. The van der Waals surface area contributed by atoms with Gasteiger partial charge in [0.05, 0.1) is 16.9 Å². The molecule has 0 aliphatic heterocycles. The Hall–Kier alpha value is -6.05. The fraction of sp³-hybridized carbons (Fsp3) is 0.167. The summed E-state index contributed by atoms with van der Waals surface area (Å²) in [5, 5.41) is 9.01. The second-order valence-electron chi connectivity index (χ2n) is 10.1. The van der Waals surface area contributed by atoms with Gasteiger partial charge >= 0.3 is 6.09 Å². The molecular formula is C30H31N9O5. The van der Waals surface area contributed by atoms with E-state index in [1.165, 1.54) is 27.5 Å². The summed E-state index contributed by atoms with van der Waals surface area (Å²) < 4.78 is 11.2. The molecule has 0 unspecified atom stereocenters. The molecule has 5 rings (SSSR count). The first-order valence-electron chi connectivity index (χ1n) is 13.4. The van der Waals surface area contributed by atoms with Gasteiger partial charge in [0.1, 0.15) is 23.8 Å². The van der Waals surface area contributed by atoms with Crippen molar-refractivity contribution in [1.29, 1.82) is 0 Å². The molecule has 14 heteroatoms. The Morgan fingerprint density at radius 2 is 1.59 bits per heavy atom. The molecule has 14 nitrogen and oxygen atoms in total. The predicted molar refractivity (Wildman–Crippen MR) is 164 cm³/mol. The molecule has 4 heterocycles. The first-order chi connectivity index (χ1) is 21.0. The van der Waals surface area contributed by atoms with Crippen molar-refractivity contribution >= 4 is 51.9 Å². The molecule has 0 spiro atoms. The average Bonchev–Trinajstić information content (AvgIpc) is 3.75. The number of nitrogens with one attached hydrogen (secondary N) is 3. The van der Waals surface area contributed by atoms with Gasteiger partial charge in [-0.2, -0.15) is 0 Å². The summed E-state index contributed by atoms with van der Waals surface area (Å²) in [6.45, 7) is 3.89. The molecule has 0 aliphatic rings. The van der Waals surface area contributed by atoms with Crippen molar-refractivity contribution in [3.8, 4) is 0 Å². The lowest BCUT2D eigenvalue weighted by molar-refractivity contribution is 0.0954. The highest BCUT2D eigenvalue weighted by Crippen LogP contribution is 2.22. The number of alkyl carbamates (subject to hydrolysis) is 1. The average molecular weight is 598 g/mol. The third-order valence-corrected chi connectivity index (χ3v) is 6.82. The highest BCUT2D eigenvalue weighted by molar-refractivity contribution is 6.07. The van der Waals surface area contributed by atoms with Crippen molar-refractivity contribution in [2.75, 3.05) is 23.0 Å². The van der Waals surface area contributed by atoms with Crippen LogP contribution in [0.1, 0.15) is 37.2 Å². The number of hydrogen-bond donors (Lipinski definition) is 4. The lowest BCUT2D eigenvalue weighted by atomic mass is 10.1. The maximum Gasteiger partial charge on any atom is 0.407 e. The molecular weight excluding hydrogens is 566 g/mol. The van der Waals surface area contributed by atoms with Crippen molar-refractivity contribution < 1.29 is 23.9 Å². The van der Waals surface area contributed by atoms with E-state index < -0.39 is 17.9 Å². The van der Waals surface area contributed by atoms with Gasteiger partial charge < -0.3 is 40.1 Å². The number of carbonyl (C=O) groups excluding carboxylic acids is 4. The van der Waals surface area contributed by atoms with Gasteiger partial charge in [0.25, 0.3) is 17.7 Å². The van der Waals surface area contributed by atoms with E-state index in [2.05, 4.69) is 27.5 Å². The van der Waals surface area contributed by atoms with Gasteiger partial charge in [-0.3, -0.25) is 19.0 Å². The van der Waals surface area contributed by atoms with Gasteiger partial charge in [0, 0.05) is 57.9 Å². The molecule has 0 saturated carbocycles. The van der Waals surface area contributed by atoms with Crippen LogP contribution in [0.5, 0.6) is 0 Å². The molecule has 0 aliphatic carbocycles. The number of hydrogen-bond acceptors (Lipinski definition) is 7. The third-order valence-electron chi connectivity index (χ3n) is 6.82. The van der Waals surface area contributed by atoms with Crippen LogP contribution in [0.3, 0.4) is 0 Å². The van der Waals surface area contributed by atoms with Crippen LogP contribution in [0, 0.1) is 0 Å². The topological polar surface area (TPSA) is 172 Å². The van der Waals surface area contributed by atoms with E-state index in [4.69, 9.17) is 10.5 Å². The first-order valence-corrected chi connectivity index (χ1v) is 13.4. The summed E-state index contributed by atoms with van der Waals surface area (Å²) in [6, 6.07) is 10.4. The molecule has 0 bridgehead atoms. The number of imidazole rings is 1. The maximum absolute atomic E-state index is 13.5. The molecule has 5 aromatic rings. The second-order valence-corrected chi connectivity index (χ2v) is 10.1. The van der Waals surface area contributed by atoms with Crippen LogP contribution in [-0.2, 0) is 32.4 Å². The number of benzene rings is 1. The number of fused-ring (bicyclic) bond motifs is 1. The van der Waals surface area contributed by atoms with E-state index in [-0.39, 0.29) is 36.4 Å². The normalized spacial score (nSPS) is 10.9. The van der Waals surface area contributed by atoms with Crippen LogP contribution < -0.4 is 21.7 Å². The number of carbonyl (C=O) groups is 4. The summed E-state index contributed by atoms with van der Waals surface area (Å²) in [6.07, 6.45) is 7.39. The Bertz CT molecular complexity index is 1920. The zero-order valence-electron chi connectivity index (χ0n) is 24.3. The van der Waals surface area contributed by atoms with E-state index in [1.807, 2.05) is 18.2 Å². The van der Waals surface area contributed by atoms with Crippen LogP contribution in [0.2, 0.25) is 0 Å². The smallest absolute Gasteiger partial charge is 0.407 e. The van der Waals surface area contributed by atoms with Crippen molar-refractivity contribution in [1.82, 2.24) is 28.6 Å². The number of amides is 3. The van der Waals surface area contributed by atoms with E-state index >= 15 is 0 Å². The molecule has 0 radical (unpaired) electrons. The highest BCUT2D eigenvalue weighted by atomic mass is 16.5. The Morgan fingerprint density at radius 3 is 2.27 bits per heavy atom. The monoisotopic (exact) mass is 597 g/mol. The quantitative estimate of drug-likeness (QED) is 0.189. The molecule has 3 amide bonds. The second kappa shape index (κ2) is 12.1. The number of ether oxygens (including phenoxy) is 1. The summed E-state index contributed by atoms with van der Waals surface area (Å²) in [5.74, 6) is -0.838. The molecule has 44 heavy (non-hydrogen) atoms. The minimum Gasteiger partial charge on any atom is -0.445 e. The predicted octanol–water partition coefficient (Wildman–Crippen LogP) is 3.24. The Kier molecular flexibility index (Phi) is 8.06. The SMILES string of the molecule is C=CCOC(=O)NCc1ccc2c(ccn2C(=O)c2cc(NC(=O)c3cc(NC(=O)c4nc(N)cn4C)cn3C)cn2C)c1. The van der Waals surface area contributed by atoms with E-state index in [9.17, 15) is 19.2 Å². The zero-order valence-corrected chi connectivity index (χ0v) is 24.3. The fourth-order valence-corrected chi connectivity index (χ4v) is 4.75. The summed E-state index contributed by atoms with van der Waals surface area (Å²) in [4.78, 5) is 54.9. The van der Waals surface area contributed by atoms with Crippen molar-refractivity contribution in [2.24, 2.45) is 21.1 Å². The van der Waals surface area contributed by atoms with Crippen LogP contribution in [0.4, 0.5) is 22.0 Å². The Labute approximate surface area is 251 Å². The van der Waals surface area contributed by atoms with E-state index in [0.29, 0.717) is 22.6 Å². The fourth-order valence-electron chi connectivity index (χ4n) is 4.75. The molecule has 5 N–H and O–H groups in total. The summed E-state index contributed by atoms with van der Waals surface area (Å²) >= 11 is 0.